The molecule has 0 aliphatic heterocycles. The Morgan fingerprint density at radius 3 is 2.69 bits per heavy atom. The van der Waals surface area contributed by atoms with Gasteiger partial charge < -0.3 is 5.73 Å². The van der Waals surface area contributed by atoms with Gasteiger partial charge in [-0.15, -0.1) is 11.8 Å². The van der Waals surface area contributed by atoms with Gasteiger partial charge in [0.05, 0.1) is 0 Å². The number of rotatable bonds is 7. The lowest BCUT2D eigenvalue weighted by atomic mass is 10.1. The van der Waals surface area contributed by atoms with Crippen LogP contribution in [0.2, 0.25) is 0 Å². The van der Waals surface area contributed by atoms with Gasteiger partial charge in [0.1, 0.15) is 0 Å². The fraction of sp³-hybridized carbons (Fsp3) is 0.571. The Balaban J connectivity index is 2.47. The van der Waals surface area contributed by atoms with Crippen molar-refractivity contribution >= 4 is 11.8 Å². The highest BCUT2D eigenvalue weighted by Crippen LogP contribution is 2.24. The molecule has 0 aromatic heterocycles. The van der Waals surface area contributed by atoms with Crippen molar-refractivity contribution in [3.8, 4) is 0 Å². The Kier molecular flexibility index (Phi) is 6.58. The van der Waals surface area contributed by atoms with E-state index in [2.05, 4.69) is 32.0 Å². The molecule has 1 aromatic carbocycles. The first-order chi connectivity index (χ1) is 7.77. The van der Waals surface area contributed by atoms with E-state index in [-0.39, 0.29) is 0 Å². The minimum atomic E-state index is 0.739. The van der Waals surface area contributed by atoms with Gasteiger partial charge in [-0.25, -0.2) is 0 Å². The summed E-state index contributed by atoms with van der Waals surface area (Å²) in [5, 5.41) is 0. The minimum absolute atomic E-state index is 0.739. The van der Waals surface area contributed by atoms with E-state index in [1.54, 1.807) is 0 Å². The Labute approximate surface area is 104 Å². The van der Waals surface area contributed by atoms with Crippen molar-refractivity contribution in [3.05, 3.63) is 29.3 Å². The number of hydrogen-bond acceptors (Lipinski definition) is 2. The lowest BCUT2D eigenvalue weighted by Crippen LogP contribution is -2.02. The number of unbranched alkanes of at least 4 members (excludes halogenated alkanes) is 2. The van der Waals surface area contributed by atoms with Gasteiger partial charge in [0, 0.05) is 4.90 Å². The van der Waals surface area contributed by atoms with Crippen molar-refractivity contribution in [1.29, 1.82) is 0 Å². The molecule has 2 N–H and O–H groups in total. The summed E-state index contributed by atoms with van der Waals surface area (Å²) in [6, 6.07) is 6.73. The van der Waals surface area contributed by atoms with Crippen LogP contribution in [0.5, 0.6) is 0 Å². The third kappa shape index (κ3) is 4.58. The molecule has 0 heterocycles. The first kappa shape index (κ1) is 13.6. The zero-order chi connectivity index (χ0) is 11.8. The van der Waals surface area contributed by atoms with E-state index in [0.717, 1.165) is 13.0 Å². The van der Waals surface area contributed by atoms with Crippen molar-refractivity contribution in [3.63, 3.8) is 0 Å². The van der Waals surface area contributed by atoms with E-state index in [4.69, 9.17) is 5.73 Å². The van der Waals surface area contributed by atoms with Crippen molar-refractivity contribution in [2.45, 2.75) is 44.4 Å². The second-order valence-electron chi connectivity index (χ2n) is 4.19. The third-order valence-electron chi connectivity index (χ3n) is 2.68. The summed E-state index contributed by atoms with van der Waals surface area (Å²) in [5.74, 6) is 1.24. The molecular weight excluding hydrogens is 214 g/mol. The van der Waals surface area contributed by atoms with Gasteiger partial charge in [-0.1, -0.05) is 31.9 Å². The van der Waals surface area contributed by atoms with E-state index in [0.29, 0.717) is 0 Å². The number of nitrogens with two attached hydrogens (primary N) is 1. The molecule has 16 heavy (non-hydrogen) atoms. The molecule has 0 saturated carbocycles. The van der Waals surface area contributed by atoms with Crippen LogP contribution in [0.1, 0.15) is 37.3 Å². The maximum atomic E-state index is 5.56. The lowest BCUT2D eigenvalue weighted by Gasteiger charge is -2.07. The number of aryl methyl sites for hydroxylation is 1. The van der Waals surface area contributed by atoms with Crippen LogP contribution in [0.25, 0.3) is 0 Å². The summed E-state index contributed by atoms with van der Waals surface area (Å²) in [6.07, 6.45) is 4.96. The van der Waals surface area contributed by atoms with Crippen LogP contribution in [-0.4, -0.2) is 12.3 Å². The zero-order valence-corrected chi connectivity index (χ0v) is 11.3. The van der Waals surface area contributed by atoms with Gasteiger partial charge in [0.25, 0.3) is 0 Å². The topological polar surface area (TPSA) is 26.0 Å². The molecule has 0 spiro atoms. The van der Waals surface area contributed by atoms with Gasteiger partial charge in [0.2, 0.25) is 0 Å². The Morgan fingerprint density at radius 1 is 1.25 bits per heavy atom. The van der Waals surface area contributed by atoms with Gasteiger partial charge in [0.15, 0.2) is 0 Å². The molecule has 0 bridgehead atoms. The highest BCUT2D eigenvalue weighted by Gasteiger charge is 2.00. The van der Waals surface area contributed by atoms with Gasteiger partial charge in [-0.3, -0.25) is 0 Å². The monoisotopic (exact) mass is 237 g/mol. The van der Waals surface area contributed by atoms with Crippen molar-refractivity contribution in [2.75, 3.05) is 12.3 Å². The molecule has 1 aromatic rings. The molecule has 0 radical (unpaired) electrons. The molecule has 2 heteroatoms. The molecule has 0 aliphatic rings. The number of benzene rings is 1. The summed E-state index contributed by atoms with van der Waals surface area (Å²) in [7, 11) is 0. The first-order valence-electron chi connectivity index (χ1n) is 6.20. The maximum absolute atomic E-state index is 5.56. The van der Waals surface area contributed by atoms with Crippen molar-refractivity contribution < 1.29 is 0 Å². The van der Waals surface area contributed by atoms with Crippen LogP contribution in [0.15, 0.2) is 23.1 Å². The summed E-state index contributed by atoms with van der Waals surface area (Å²) < 4.78 is 0. The van der Waals surface area contributed by atoms with Gasteiger partial charge in [-0.2, -0.15) is 0 Å². The van der Waals surface area contributed by atoms with E-state index < -0.39 is 0 Å². The van der Waals surface area contributed by atoms with E-state index >= 15 is 0 Å². The molecule has 0 aliphatic carbocycles. The van der Waals surface area contributed by atoms with Crippen molar-refractivity contribution in [2.24, 2.45) is 5.73 Å². The third-order valence-corrected chi connectivity index (χ3v) is 3.94. The maximum Gasteiger partial charge on any atom is 0.0101 e. The van der Waals surface area contributed by atoms with E-state index in [9.17, 15) is 0 Å². The standard InChI is InChI=1S/C14H23NS/c1-3-4-5-10-16-14-7-6-13(8-9-15)11-12(14)2/h6-7,11H,3-5,8-10,15H2,1-2H3. The van der Waals surface area contributed by atoms with E-state index in [1.807, 2.05) is 11.8 Å². The molecule has 0 amide bonds. The van der Waals surface area contributed by atoms with Gasteiger partial charge >= 0.3 is 0 Å². The molecule has 0 unspecified atom stereocenters. The summed E-state index contributed by atoms with van der Waals surface area (Å²) in [4.78, 5) is 1.43. The predicted molar refractivity (Wildman–Crippen MR) is 74.2 cm³/mol. The van der Waals surface area contributed by atoms with Crippen LogP contribution in [0.4, 0.5) is 0 Å². The van der Waals surface area contributed by atoms with E-state index in [1.165, 1.54) is 41.0 Å². The molecule has 0 fully saturated rings. The van der Waals surface area contributed by atoms with Crippen LogP contribution in [0.3, 0.4) is 0 Å². The first-order valence-corrected chi connectivity index (χ1v) is 7.19. The molecule has 90 valence electrons. The number of hydrogen-bond donors (Lipinski definition) is 1. The normalized spacial score (nSPS) is 10.7. The summed E-state index contributed by atoms with van der Waals surface area (Å²) in [6.45, 7) is 5.18. The molecular formula is C14H23NS. The van der Waals surface area contributed by atoms with Gasteiger partial charge in [-0.05, 0) is 49.3 Å². The SMILES string of the molecule is CCCCCSc1ccc(CCN)cc1C. The lowest BCUT2D eigenvalue weighted by molar-refractivity contribution is 0.778. The average molecular weight is 237 g/mol. The largest absolute Gasteiger partial charge is 0.330 e. The molecule has 1 nitrogen and oxygen atoms in total. The minimum Gasteiger partial charge on any atom is -0.330 e. The average Bonchev–Trinajstić information content (AvgIpc) is 2.27. The Hall–Kier alpha value is -0.470. The van der Waals surface area contributed by atoms with Crippen LogP contribution in [0, 0.1) is 6.92 Å². The fourth-order valence-electron chi connectivity index (χ4n) is 1.73. The molecule has 0 saturated heterocycles. The second-order valence-corrected chi connectivity index (χ2v) is 5.33. The van der Waals surface area contributed by atoms with Crippen LogP contribution < -0.4 is 5.73 Å². The quantitative estimate of drug-likeness (QED) is 0.577. The highest BCUT2D eigenvalue weighted by atomic mass is 32.2. The molecule has 0 atom stereocenters. The zero-order valence-electron chi connectivity index (χ0n) is 10.5. The smallest absolute Gasteiger partial charge is 0.0101 e. The molecule has 1 rings (SSSR count). The van der Waals surface area contributed by atoms with Crippen LogP contribution >= 0.6 is 11.8 Å². The second kappa shape index (κ2) is 7.75. The highest BCUT2D eigenvalue weighted by molar-refractivity contribution is 7.99. The Morgan fingerprint density at radius 2 is 2.06 bits per heavy atom. The predicted octanol–water partition coefficient (Wildman–Crippen LogP) is 3.78. The summed E-state index contributed by atoms with van der Waals surface area (Å²) in [5.41, 5.74) is 8.31. The summed E-state index contributed by atoms with van der Waals surface area (Å²) >= 11 is 1.98. The Bertz CT molecular complexity index is 310. The fourth-order valence-corrected chi connectivity index (χ4v) is 2.75. The van der Waals surface area contributed by atoms with Crippen LogP contribution in [-0.2, 0) is 6.42 Å². The number of thioether (sulfide) groups is 1. The van der Waals surface area contributed by atoms with Crippen molar-refractivity contribution in [1.82, 2.24) is 0 Å².